The Balaban J connectivity index is 1.88. The fraction of sp³-hybridized carbons (Fsp3) is 0.467. The van der Waals surface area contributed by atoms with Crippen LogP contribution in [0.3, 0.4) is 0 Å². The minimum Gasteiger partial charge on any atom is -0.490 e. The van der Waals surface area contributed by atoms with Gasteiger partial charge in [-0.05, 0) is 37.5 Å². The minimum atomic E-state index is -0.461. The van der Waals surface area contributed by atoms with Gasteiger partial charge in [0.15, 0.2) is 5.82 Å². The van der Waals surface area contributed by atoms with E-state index in [-0.39, 0.29) is 0 Å². The molecule has 2 N–H and O–H groups in total. The van der Waals surface area contributed by atoms with Gasteiger partial charge < -0.3 is 19.7 Å². The summed E-state index contributed by atoms with van der Waals surface area (Å²) in [6.07, 6.45) is 2.83. The van der Waals surface area contributed by atoms with Crippen molar-refractivity contribution in [1.29, 1.82) is 0 Å². The molecule has 1 fully saturated rings. The standard InChI is InChI=1S/C15H18ClN3O3/c1-20-7-8-21-12-4-3-10(16)9-11(12)13-18-14(19-22-13)15(17)5-2-6-15/h3-4,9H,2,5-8,17H2,1H3. The second-order valence-corrected chi connectivity index (χ2v) is 5.85. The molecular formula is C15H18ClN3O3. The quantitative estimate of drug-likeness (QED) is 0.823. The van der Waals surface area contributed by atoms with Crippen molar-refractivity contribution in [3.63, 3.8) is 0 Å². The molecule has 1 aliphatic carbocycles. The van der Waals surface area contributed by atoms with Crippen molar-refractivity contribution in [2.75, 3.05) is 20.3 Å². The van der Waals surface area contributed by atoms with E-state index in [2.05, 4.69) is 10.1 Å². The van der Waals surface area contributed by atoms with E-state index in [1.54, 1.807) is 25.3 Å². The van der Waals surface area contributed by atoms with Crippen molar-refractivity contribution in [1.82, 2.24) is 10.1 Å². The third-order valence-corrected chi connectivity index (χ3v) is 4.07. The highest BCUT2D eigenvalue weighted by atomic mass is 35.5. The van der Waals surface area contributed by atoms with Gasteiger partial charge in [-0.2, -0.15) is 4.98 Å². The van der Waals surface area contributed by atoms with E-state index in [0.29, 0.717) is 41.3 Å². The average molecular weight is 324 g/mol. The molecule has 0 saturated heterocycles. The fourth-order valence-electron chi connectivity index (χ4n) is 2.35. The number of hydrogen-bond donors (Lipinski definition) is 1. The first-order chi connectivity index (χ1) is 10.6. The number of nitrogens with two attached hydrogens (primary N) is 1. The molecule has 1 aromatic carbocycles. The van der Waals surface area contributed by atoms with Crippen molar-refractivity contribution in [3.05, 3.63) is 29.0 Å². The first-order valence-electron chi connectivity index (χ1n) is 7.17. The van der Waals surface area contributed by atoms with E-state index in [9.17, 15) is 0 Å². The Labute approximate surface area is 133 Å². The van der Waals surface area contributed by atoms with Gasteiger partial charge in [-0.3, -0.25) is 0 Å². The van der Waals surface area contributed by atoms with Crippen LogP contribution in [0.2, 0.25) is 5.02 Å². The van der Waals surface area contributed by atoms with Crippen molar-refractivity contribution in [2.45, 2.75) is 24.8 Å². The number of ether oxygens (including phenoxy) is 2. The Kier molecular flexibility index (Phi) is 4.33. The molecule has 0 aliphatic heterocycles. The average Bonchev–Trinajstić information content (AvgIpc) is 2.96. The summed E-state index contributed by atoms with van der Waals surface area (Å²) >= 11 is 6.07. The zero-order chi connectivity index (χ0) is 15.6. The summed E-state index contributed by atoms with van der Waals surface area (Å²) in [5.74, 6) is 1.52. The highest BCUT2D eigenvalue weighted by molar-refractivity contribution is 6.30. The number of benzene rings is 1. The van der Waals surface area contributed by atoms with Crippen LogP contribution < -0.4 is 10.5 Å². The Morgan fingerprint density at radius 3 is 2.86 bits per heavy atom. The summed E-state index contributed by atoms with van der Waals surface area (Å²) in [6.45, 7) is 0.913. The third kappa shape index (κ3) is 2.95. The molecule has 0 radical (unpaired) electrons. The van der Waals surface area contributed by atoms with Crippen LogP contribution in [0.1, 0.15) is 25.1 Å². The van der Waals surface area contributed by atoms with Gasteiger partial charge in [-0.1, -0.05) is 16.8 Å². The van der Waals surface area contributed by atoms with Gasteiger partial charge in [-0.25, -0.2) is 0 Å². The topological polar surface area (TPSA) is 83.4 Å². The zero-order valence-corrected chi connectivity index (χ0v) is 13.1. The second-order valence-electron chi connectivity index (χ2n) is 5.41. The Morgan fingerprint density at radius 2 is 2.18 bits per heavy atom. The lowest BCUT2D eigenvalue weighted by atomic mass is 9.77. The molecule has 0 atom stereocenters. The number of methoxy groups -OCH3 is 1. The highest BCUT2D eigenvalue weighted by Crippen LogP contribution is 2.39. The molecule has 1 heterocycles. The molecule has 1 aliphatic rings. The molecule has 0 bridgehead atoms. The Bertz CT molecular complexity index is 655. The lowest BCUT2D eigenvalue weighted by Crippen LogP contribution is -2.44. The van der Waals surface area contributed by atoms with Gasteiger partial charge in [0.1, 0.15) is 12.4 Å². The van der Waals surface area contributed by atoms with Gasteiger partial charge in [0.05, 0.1) is 17.7 Å². The first kappa shape index (κ1) is 15.3. The molecule has 3 rings (SSSR count). The summed E-state index contributed by atoms with van der Waals surface area (Å²) in [5, 5.41) is 4.59. The van der Waals surface area contributed by atoms with Crippen LogP contribution in [0.5, 0.6) is 5.75 Å². The molecule has 118 valence electrons. The molecule has 1 saturated carbocycles. The number of hydrogen-bond acceptors (Lipinski definition) is 6. The molecule has 0 unspecified atom stereocenters. The van der Waals surface area contributed by atoms with Gasteiger partial charge in [0.25, 0.3) is 5.89 Å². The molecule has 2 aromatic rings. The van der Waals surface area contributed by atoms with E-state index in [4.69, 9.17) is 31.3 Å². The van der Waals surface area contributed by atoms with E-state index >= 15 is 0 Å². The summed E-state index contributed by atoms with van der Waals surface area (Å²) < 4.78 is 16.0. The maximum atomic E-state index is 6.22. The van der Waals surface area contributed by atoms with Gasteiger partial charge in [0.2, 0.25) is 0 Å². The van der Waals surface area contributed by atoms with Gasteiger partial charge in [-0.15, -0.1) is 0 Å². The van der Waals surface area contributed by atoms with Gasteiger partial charge in [0, 0.05) is 12.1 Å². The lowest BCUT2D eigenvalue weighted by molar-refractivity contribution is 0.146. The molecule has 1 aromatic heterocycles. The number of halogens is 1. The molecule has 0 amide bonds. The molecular weight excluding hydrogens is 306 g/mol. The van der Waals surface area contributed by atoms with E-state index in [1.165, 1.54) is 0 Å². The van der Waals surface area contributed by atoms with Gasteiger partial charge >= 0.3 is 0 Å². The predicted octanol–water partition coefficient (Wildman–Crippen LogP) is 2.75. The third-order valence-electron chi connectivity index (χ3n) is 3.83. The predicted molar refractivity (Wildman–Crippen MR) is 81.8 cm³/mol. The summed E-state index contributed by atoms with van der Waals surface area (Å²) in [6, 6.07) is 5.27. The smallest absolute Gasteiger partial charge is 0.261 e. The van der Waals surface area contributed by atoms with Crippen molar-refractivity contribution in [2.24, 2.45) is 5.73 Å². The van der Waals surface area contributed by atoms with Crippen molar-refractivity contribution in [3.8, 4) is 17.2 Å². The highest BCUT2D eigenvalue weighted by Gasteiger charge is 2.39. The van der Waals surface area contributed by atoms with E-state index in [0.717, 1.165) is 19.3 Å². The zero-order valence-electron chi connectivity index (χ0n) is 12.3. The second kappa shape index (κ2) is 6.24. The van der Waals surface area contributed by atoms with Crippen LogP contribution in [-0.4, -0.2) is 30.5 Å². The van der Waals surface area contributed by atoms with Crippen molar-refractivity contribution < 1.29 is 14.0 Å². The normalized spacial score (nSPS) is 16.3. The van der Waals surface area contributed by atoms with Crippen LogP contribution in [0.4, 0.5) is 0 Å². The monoisotopic (exact) mass is 323 g/mol. The number of rotatable bonds is 6. The van der Waals surface area contributed by atoms with Crippen LogP contribution in [0.15, 0.2) is 22.7 Å². The van der Waals surface area contributed by atoms with Crippen LogP contribution >= 0.6 is 11.6 Å². The molecule has 6 nitrogen and oxygen atoms in total. The first-order valence-corrected chi connectivity index (χ1v) is 7.55. The lowest BCUT2D eigenvalue weighted by Gasteiger charge is -2.34. The molecule has 22 heavy (non-hydrogen) atoms. The molecule has 0 spiro atoms. The van der Waals surface area contributed by atoms with Crippen LogP contribution in [0, 0.1) is 0 Å². The van der Waals surface area contributed by atoms with Crippen molar-refractivity contribution >= 4 is 11.6 Å². The summed E-state index contributed by atoms with van der Waals surface area (Å²) in [4.78, 5) is 4.43. The summed E-state index contributed by atoms with van der Waals surface area (Å²) in [7, 11) is 1.62. The van der Waals surface area contributed by atoms with E-state index in [1.807, 2.05) is 0 Å². The Hall–Kier alpha value is -1.63. The maximum absolute atomic E-state index is 6.22. The van der Waals surface area contributed by atoms with E-state index < -0.39 is 5.54 Å². The van der Waals surface area contributed by atoms with Crippen LogP contribution in [-0.2, 0) is 10.3 Å². The number of aromatic nitrogens is 2. The fourth-order valence-corrected chi connectivity index (χ4v) is 2.52. The van der Waals surface area contributed by atoms with Crippen LogP contribution in [0.25, 0.3) is 11.5 Å². The largest absolute Gasteiger partial charge is 0.490 e. The minimum absolute atomic E-state index is 0.363. The maximum Gasteiger partial charge on any atom is 0.261 e. The SMILES string of the molecule is COCCOc1ccc(Cl)cc1-c1nc(C2(N)CCC2)no1. The number of nitrogens with zero attached hydrogens (tertiary/aromatic N) is 2. The Morgan fingerprint density at radius 1 is 1.36 bits per heavy atom. The summed E-state index contributed by atoms with van der Waals surface area (Å²) in [5.41, 5.74) is 6.42. The molecule has 7 heteroatoms.